The maximum absolute atomic E-state index is 13.9. The third-order valence-corrected chi connectivity index (χ3v) is 2.52. The van der Waals surface area contributed by atoms with Crippen LogP contribution in [-0.2, 0) is 11.3 Å². The van der Waals surface area contributed by atoms with E-state index in [4.69, 9.17) is 5.73 Å². The van der Waals surface area contributed by atoms with Crippen LogP contribution >= 0.6 is 0 Å². The first-order valence-electron chi connectivity index (χ1n) is 5.39. The summed E-state index contributed by atoms with van der Waals surface area (Å²) in [7, 11) is 0.803. The highest BCUT2D eigenvalue weighted by Crippen LogP contribution is 2.30. The molecule has 0 fully saturated rings. The van der Waals surface area contributed by atoms with Crippen LogP contribution in [0.5, 0.6) is 0 Å². The highest BCUT2D eigenvalue weighted by atomic mass is 19.2. The van der Waals surface area contributed by atoms with E-state index in [2.05, 4.69) is 19.4 Å². The van der Waals surface area contributed by atoms with Crippen LogP contribution in [0.2, 0.25) is 0 Å². The fourth-order valence-electron chi connectivity index (χ4n) is 1.55. The number of carbonyl (C=O) groups excluding carboxylic acids is 1. The molecular weight excluding hydrogens is 298 g/mol. The summed E-state index contributed by atoms with van der Waals surface area (Å²) in [6, 6.07) is 0. The molecule has 2 aromatic rings. The monoisotopic (exact) mass is 305 g/mol. The van der Waals surface area contributed by atoms with E-state index in [1.54, 1.807) is 0 Å². The van der Waals surface area contributed by atoms with Gasteiger partial charge < -0.3 is 15.0 Å². The molecule has 10 heteroatoms. The lowest BCUT2D eigenvalue weighted by atomic mass is 10.1. The number of ether oxygens (including phenoxy) is 1. The zero-order chi connectivity index (χ0) is 15.7. The average molecular weight is 305 g/mol. The molecule has 0 bridgehead atoms. The van der Waals surface area contributed by atoms with Gasteiger partial charge >= 0.3 is 5.97 Å². The van der Waals surface area contributed by atoms with Gasteiger partial charge in [-0.3, -0.25) is 0 Å². The largest absolute Gasteiger partial charge is 0.465 e. The summed E-state index contributed by atoms with van der Waals surface area (Å²) >= 11 is 0. The Morgan fingerprint density at radius 3 is 2.19 bits per heavy atom. The van der Waals surface area contributed by atoms with Crippen LogP contribution in [0.15, 0.2) is 4.52 Å². The summed E-state index contributed by atoms with van der Waals surface area (Å²) in [5.74, 6) is -10.0. The molecule has 21 heavy (non-hydrogen) atoms. The van der Waals surface area contributed by atoms with Gasteiger partial charge in [-0.1, -0.05) is 5.16 Å². The van der Waals surface area contributed by atoms with Crippen molar-refractivity contribution in [2.24, 2.45) is 5.73 Å². The third kappa shape index (κ3) is 2.33. The first kappa shape index (κ1) is 14.9. The molecule has 0 aliphatic rings. The van der Waals surface area contributed by atoms with Gasteiger partial charge in [0.15, 0.2) is 23.3 Å². The van der Waals surface area contributed by atoms with Crippen molar-refractivity contribution >= 4 is 5.97 Å². The molecule has 112 valence electrons. The van der Waals surface area contributed by atoms with Crippen LogP contribution in [0.1, 0.15) is 16.2 Å². The number of methoxy groups -OCH3 is 1. The molecule has 6 nitrogen and oxygen atoms in total. The zero-order valence-corrected chi connectivity index (χ0v) is 10.4. The molecule has 0 saturated heterocycles. The molecule has 0 spiro atoms. The van der Waals surface area contributed by atoms with E-state index in [1.165, 1.54) is 0 Å². The highest BCUT2D eigenvalue weighted by Gasteiger charge is 2.32. The van der Waals surface area contributed by atoms with Crippen LogP contribution in [0.3, 0.4) is 0 Å². The lowest BCUT2D eigenvalue weighted by Gasteiger charge is -2.08. The molecule has 0 unspecified atom stereocenters. The average Bonchev–Trinajstić information content (AvgIpc) is 2.94. The molecule has 0 saturated carbocycles. The Kier molecular flexibility index (Phi) is 3.89. The number of hydrogen-bond donors (Lipinski definition) is 1. The van der Waals surface area contributed by atoms with Crippen molar-refractivity contribution in [1.82, 2.24) is 10.1 Å². The van der Waals surface area contributed by atoms with E-state index in [9.17, 15) is 22.4 Å². The van der Waals surface area contributed by atoms with Gasteiger partial charge in [0, 0.05) is 0 Å². The van der Waals surface area contributed by atoms with Gasteiger partial charge in [-0.15, -0.1) is 0 Å². The summed E-state index contributed by atoms with van der Waals surface area (Å²) in [5.41, 5.74) is 2.47. The maximum atomic E-state index is 13.9. The Morgan fingerprint density at radius 1 is 1.19 bits per heavy atom. The Hall–Kier alpha value is -2.49. The van der Waals surface area contributed by atoms with Gasteiger partial charge in [0.1, 0.15) is 11.1 Å². The number of carbonyl (C=O) groups is 1. The molecule has 1 heterocycles. The van der Waals surface area contributed by atoms with Crippen molar-refractivity contribution in [3.8, 4) is 11.4 Å². The van der Waals surface area contributed by atoms with Gasteiger partial charge in [-0.05, 0) is 0 Å². The number of rotatable bonds is 3. The number of aromatic nitrogens is 2. The number of halogens is 4. The first-order valence-corrected chi connectivity index (χ1v) is 5.39. The van der Waals surface area contributed by atoms with Crippen LogP contribution in [0.25, 0.3) is 11.4 Å². The van der Waals surface area contributed by atoms with Gasteiger partial charge in [0.05, 0.1) is 13.7 Å². The second-order valence-electron chi connectivity index (χ2n) is 3.71. The molecule has 0 amide bonds. The third-order valence-electron chi connectivity index (χ3n) is 2.52. The van der Waals surface area contributed by atoms with E-state index >= 15 is 0 Å². The number of nitrogens with zero attached hydrogens (tertiary/aromatic N) is 2. The maximum Gasteiger partial charge on any atom is 0.344 e. The predicted molar refractivity (Wildman–Crippen MR) is 58.8 cm³/mol. The Balaban J connectivity index is 2.72. The van der Waals surface area contributed by atoms with Crippen molar-refractivity contribution in [2.45, 2.75) is 6.54 Å². The Labute approximate surface area is 114 Å². The molecule has 0 radical (unpaired) electrons. The summed E-state index contributed by atoms with van der Waals surface area (Å²) < 4.78 is 63.7. The van der Waals surface area contributed by atoms with Gasteiger partial charge in [-0.2, -0.15) is 4.98 Å². The van der Waals surface area contributed by atoms with E-state index in [-0.39, 0.29) is 12.4 Å². The number of nitrogens with two attached hydrogens (primary N) is 1. The van der Waals surface area contributed by atoms with Crippen molar-refractivity contribution < 1.29 is 31.6 Å². The van der Waals surface area contributed by atoms with E-state index < -0.39 is 46.2 Å². The van der Waals surface area contributed by atoms with Gasteiger partial charge in [-0.25, -0.2) is 22.4 Å². The second kappa shape index (κ2) is 5.48. The Morgan fingerprint density at radius 2 is 1.76 bits per heavy atom. The second-order valence-corrected chi connectivity index (χ2v) is 3.71. The zero-order valence-electron chi connectivity index (χ0n) is 10.4. The molecule has 0 atom stereocenters. The van der Waals surface area contributed by atoms with Crippen molar-refractivity contribution in [2.75, 3.05) is 7.11 Å². The summed E-state index contributed by atoms with van der Waals surface area (Å²) in [5, 5.41) is 3.16. The number of esters is 1. The smallest absolute Gasteiger partial charge is 0.344 e. The normalized spacial score (nSPS) is 10.8. The molecule has 0 aliphatic heterocycles. The van der Waals surface area contributed by atoms with Gasteiger partial charge in [0.2, 0.25) is 11.7 Å². The topological polar surface area (TPSA) is 91.2 Å². The minimum atomic E-state index is -1.92. The fraction of sp³-hybridized carbons (Fsp3) is 0.182. The summed E-state index contributed by atoms with van der Waals surface area (Å²) in [6.45, 7) is -0.235. The number of benzene rings is 1. The summed E-state index contributed by atoms with van der Waals surface area (Å²) in [6.07, 6.45) is 0. The molecule has 1 aromatic carbocycles. The van der Waals surface area contributed by atoms with E-state index in [0.717, 1.165) is 7.11 Å². The lowest BCUT2D eigenvalue weighted by Crippen LogP contribution is -2.13. The van der Waals surface area contributed by atoms with Gasteiger partial charge in [0.25, 0.3) is 0 Å². The molecular formula is C11H7F4N3O3. The highest BCUT2D eigenvalue weighted by molar-refractivity contribution is 5.90. The molecule has 2 N–H and O–H groups in total. The van der Waals surface area contributed by atoms with Crippen LogP contribution < -0.4 is 5.73 Å². The lowest BCUT2D eigenvalue weighted by molar-refractivity contribution is 0.0587. The first-order chi connectivity index (χ1) is 9.92. The van der Waals surface area contributed by atoms with E-state index in [0.29, 0.717) is 0 Å². The van der Waals surface area contributed by atoms with Crippen LogP contribution in [-0.4, -0.2) is 23.2 Å². The standard InChI is InChI=1S/C11H7F4N3O3/c1-20-11(19)5-8(14)6(12)4(7(13)9(5)15)10-17-3(2-16)21-18-10/h2,16H2,1H3. The quantitative estimate of drug-likeness (QED) is 0.525. The van der Waals surface area contributed by atoms with Crippen molar-refractivity contribution in [1.29, 1.82) is 0 Å². The molecule has 2 rings (SSSR count). The van der Waals surface area contributed by atoms with Crippen LogP contribution in [0, 0.1) is 23.3 Å². The van der Waals surface area contributed by atoms with E-state index in [1.807, 2.05) is 0 Å². The molecule has 1 aromatic heterocycles. The van der Waals surface area contributed by atoms with Crippen LogP contribution in [0.4, 0.5) is 17.6 Å². The SMILES string of the molecule is COC(=O)c1c(F)c(F)c(-c2noc(CN)n2)c(F)c1F. The summed E-state index contributed by atoms with van der Waals surface area (Å²) in [4.78, 5) is 14.6. The molecule has 0 aliphatic carbocycles. The minimum Gasteiger partial charge on any atom is -0.465 e. The number of hydrogen-bond acceptors (Lipinski definition) is 6. The van der Waals surface area contributed by atoms with Crippen molar-refractivity contribution in [3.63, 3.8) is 0 Å². The fourth-order valence-corrected chi connectivity index (χ4v) is 1.55. The Bertz CT molecular complexity index is 688. The minimum absolute atomic E-state index is 0.193. The van der Waals surface area contributed by atoms with Crippen molar-refractivity contribution in [3.05, 3.63) is 34.7 Å². The predicted octanol–water partition coefficient (Wildman–Crippen LogP) is 1.54.